The molecule has 0 radical (unpaired) electrons. The third kappa shape index (κ3) is 4.64. The van der Waals surface area contributed by atoms with Crippen molar-refractivity contribution < 1.29 is 32.6 Å². The molecule has 1 aromatic rings. The molecular weight excluding hydrogens is 364 g/mol. The lowest BCUT2D eigenvalue weighted by atomic mass is 10.3. The summed E-state index contributed by atoms with van der Waals surface area (Å²) in [6.45, 7) is 3.26. The van der Waals surface area contributed by atoms with E-state index in [4.69, 9.17) is 9.47 Å². The number of fused-ring (bicyclic) bond motifs is 1. The summed E-state index contributed by atoms with van der Waals surface area (Å²) in [6.07, 6.45) is 0.676. The monoisotopic (exact) mass is 386 g/mol. The van der Waals surface area contributed by atoms with E-state index in [1.807, 2.05) is 0 Å². The number of hydrogen-bond acceptors (Lipinski definition) is 6. The second-order valence-electron chi connectivity index (χ2n) is 5.77. The van der Waals surface area contributed by atoms with Gasteiger partial charge in [0.15, 0.2) is 11.5 Å². The molecule has 0 aromatic heterocycles. The number of carboxylic acids is 1. The van der Waals surface area contributed by atoms with Crippen LogP contribution in [0.4, 0.5) is 0 Å². The Morgan fingerprint density at radius 3 is 2.54 bits per heavy atom. The van der Waals surface area contributed by atoms with Crippen LogP contribution in [-0.4, -0.2) is 62.1 Å². The molecule has 2 rings (SSSR count). The Labute approximate surface area is 151 Å². The van der Waals surface area contributed by atoms with E-state index in [9.17, 15) is 23.1 Å². The molecule has 144 valence electrons. The molecular formula is C16H22N2O7S. The Hall–Kier alpha value is -2.33. The lowest BCUT2D eigenvalue weighted by Crippen LogP contribution is -2.46. The number of amides is 1. The Bertz CT molecular complexity index is 779. The van der Waals surface area contributed by atoms with Crippen LogP contribution in [0.2, 0.25) is 0 Å². The molecule has 1 amide bonds. The number of hydrogen-bond donors (Lipinski definition) is 2. The number of carboxylic acid groups (broad SMARTS) is 1. The topological polar surface area (TPSA) is 122 Å². The van der Waals surface area contributed by atoms with Crippen molar-refractivity contribution in [3.05, 3.63) is 18.2 Å². The van der Waals surface area contributed by atoms with Gasteiger partial charge in [-0.15, -0.1) is 0 Å². The number of rotatable bonds is 7. The Morgan fingerprint density at radius 2 is 1.92 bits per heavy atom. The second-order valence-corrected chi connectivity index (χ2v) is 7.66. The molecule has 1 atom stereocenters. The highest BCUT2D eigenvalue weighted by Crippen LogP contribution is 2.33. The summed E-state index contributed by atoms with van der Waals surface area (Å²) in [4.78, 5) is 22.3. The lowest BCUT2D eigenvalue weighted by Gasteiger charge is -2.26. The first-order valence-corrected chi connectivity index (χ1v) is 9.56. The summed E-state index contributed by atoms with van der Waals surface area (Å²) < 4.78 is 37.8. The fourth-order valence-electron chi connectivity index (χ4n) is 2.43. The molecule has 1 unspecified atom stereocenters. The molecule has 0 fully saturated rings. The Morgan fingerprint density at radius 1 is 1.27 bits per heavy atom. The van der Waals surface area contributed by atoms with Crippen LogP contribution in [0, 0.1) is 0 Å². The maximum Gasteiger partial charge on any atom is 0.321 e. The predicted octanol–water partition coefficient (Wildman–Crippen LogP) is 0.448. The fourth-order valence-corrected chi connectivity index (χ4v) is 4.03. The van der Waals surface area contributed by atoms with Gasteiger partial charge < -0.3 is 19.9 Å². The zero-order valence-electron chi connectivity index (χ0n) is 14.6. The van der Waals surface area contributed by atoms with Gasteiger partial charge in [0.1, 0.15) is 6.04 Å². The first-order valence-electron chi connectivity index (χ1n) is 8.12. The zero-order valence-corrected chi connectivity index (χ0v) is 15.4. The third-order valence-electron chi connectivity index (χ3n) is 3.82. The van der Waals surface area contributed by atoms with Gasteiger partial charge in [-0.05, 0) is 19.1 Å². The summed E-state index contributed by atoms with van der Waals surface area (Å²) in [6, 6.07) is 2.87. The Balaban J connectivity index is 2.34. The molecule has 0 saturated carbocycles. The van der Waals surface area contributed by atoms with Crippen molar-refractivity contribution in [2.75, 3.05) is 26.3 Å². The maximum atomic E-state index is 13.0. The SMILES string of the molecule is CC(=O)NCCN(C(C)C(=O)O)S(=O)(=O)c1ccc2c(c1)OCCCO2. The minimum atomic E-state index is -4.12. The number of aliphatic carboxylic acids is 1. The van der Waals surface area contributed by atoms with Crippen LogP contribution in [0.15, 0.2) is 23.1 Å². The van der Waals surface area contributed by atoms with Gasteiger partial charge in [0.2, 0.25) is 15.9 Å². The zero-order chi connectivity index (χ0) is 19.3. The van der Waals surface area contributed by atoms with Crippen LogP contribution in [0.3, 0.4) is 0 Å². The van der Waals surface area contributed by atoms with E-state index in [1.165, 1.54) is 32.0 Å². The van der Waals surface area contributed by atoms with Gasteiger partial charge >= 0.3 is 5.97 Å². The first kappa shape index (κ1) is 20.0. The highest BCUT2D eigenvalue weighted by Gasteiger charge is 2.33. The molecule has 2 N–H and O–H groups in total. The number of carbonyl (C=O) groups is 2. The highest BCUT2D eigenvalue weighted by molar-refractivity contribution is 7.89. The smallest absolute Gasteiger partial charge is 0.321 e. The maximum absolute atomic E-state index is 13.0. The van der Waals surface area contributed by atoms with Crippen molar-refractivity contribution in [2.45, 2.75) is 31.2 Å². The van der Waals surface area contributed by atoms with E-state index in [0.29, 0.717) is 31.1 Å². The van der Waals surface area contributed by atoms with Gasteiger partial charge in [-0.3, -0.25) is 9.59 Å². The summed E-state index contributed by atoms with van der Waals surface area (Å²) >= 11 is 0. The van der Waals surface area contributed by atoms with Gasteiger partial charge in [0, 0.05) is 32.5 Å². The average Bonchev–Trinajstić information content (AvgIpc) is 2.82. The van der Waals surface area contributed by atoms with E-state index >= 15 is 0 Å². The van der Waals surface area contributed by atoms with E-state index in [1.54, 1.807) is 0 Å². The van der Waals surface area contributed by atoms with E-state index in [0.717, 1.165) is 4.31 Å². The molecule has 9 nitrogen and oxygen atoms in total. The van der Waals surface area contributed by atoms with Crippen LogP contribution in [0.25, 0.3) is 0 Å². The first-order chi connectivity index (χ1) is 12.2. The number of carbonyl (C=O) groups excluding carboxylic acids is 1. The summed E-state index contributed by atoms with van der Waals surface area (Å²) in [5.41, 5.74) is 0. The molecule has 0 saturated heterocycles. The largest absolute Gasteiger partial charge is 0.490 e. The lowest BCUT2D eigenvalue weighted by molar-refractivity contribution is -0.140. The van der Waals surface area contributed by atoms with Crippen LogP contribution >= 0.6 is 0 Å². The normalized spacial score (nSPS) is 15.2. The van der Waals surface area contributed by atoms with E-state index in [-0.39, 0.29) is 23.9 Å². The number of sulfonamides is 1. The number of nitrogens with zero attached hydrogens (tertiary/aromatic N) is 1. The number of benzene rings is 1. The molecule has 1 aromatic carbocycles. The molecule has 1 aliphatic heterocycles. The summed E-state index contributed by atoms with van der Waals surface area (Å²) in [5, 5.41) is 11.7. The average molecular weight is 386 g/mol. The van der Waals surface area contributed by atoms with Crippen molar-refractivity contribution in [3.63, 3.8) is 0 Å². The predicted molar refractivity (Wildman–Crippen MR) is 91.7 cm³/mol. The van der Waals surface area contributed by atoms with Gasteiger partial charge in [-0.25, -0.2) is 8.42 Å². The van der Waals surface area contributed by atoms with E-state index < -0.39 is 22.0 Å². The molecule has 26 heavy (non-hydrogen) atoms. The second kappa shape index (κ2) is 8.37. The van der Waals surface area contributed by atoms with Crippen molar-refractivity contribution >= 4 is 21.9 Å². The van der Waals surface area contributed by atoms with Crippen LogP contribution < -0.4 is 14.8 Å². The van der Waals surface area contributed by atoms with Crippen molar-refractivity contribution in [2.24, 2.45) is 0 Å². The highest BCUT2D eigenvalue weighted by atomic mass is 32.2. The van der Waals surface area contributed by atoms with Crippen molar-refractivity contribution in [3.8, 4) is 11.5 Å². The van der Waals surface area contributed by atoms with E-state index in [2.05, 4.69) is 5.32 Å². The molecule has 1 heterocycles. The molecule has 10 heteroatoms. The van der Waals surface area contributed by atoms with Gasteiger partial charge in [-0.2, -0.15) is 4.31 Å². The number of nitrogens with one attached hydrogen (secondary N) is 1. The van der Waals surface area contributed by atoms with Crippen molar-refractivity contribution in [1.82, 2.24) is 9.62 Å². The van der Waals surface area contributed by atoms with Gasteiger partial charge in [-0.1, -0.05) is 0 Å². The van der Waals surface area contributed by atoms with Gasteiger partial charge in [0.05, 0.1) is 18.1 Å². The fraction of sp³-hybridized carbons (Fsp3) is 0.500. The standard InChI is InChI=1S/C16H22N2O7S/c1-11(16(20)21)18(7-6-17-12(2)19)26(22,23)13-4-5-14-15(10-13)25-9-3-8-24-14/h4-5,10-11H,3,6-9H2,1-2H3,(H,17,19)(H,20,21). The minimum absolute atomic E-state index is 0.00324. The van der Waals surface area contributed by atoms with Crippen LogP contribution in [0.5, 0.6) is 11.5 Å². The molecule has 0 spiro atoms. The molecule has 0 bridgehead atoms. The molecule has 0 aliphatic carbocycles. The Kier molecular flexibility index (Phi) is 6.43. The molecule has 1 aliphatic rings. The number of ether oxygens (including phenoxy) is 2. The minimum Gasteiger partial charge on any atom is -0.490 e. The van der Waals surface area contributed by atoms with Crippen LogP contribution in [0.1, 0.15) is 20.3 Å². The summed E-state index contributed by atoms with van der Waals surface area (Å²) in [5.74, 6) is -0.877. The van der Waals surface area contributed by atoms with Crippen molar-refractivity contribution in [1.29, 1.82) is 0 Å². The third-order valence-corrected chi connectivity index (χ3v) is 5.79. The summed E-state index contributed by atoms with van der Waals surface area (Å²) in [7, 11) is -4.12. The van der Waals surface area contributed by atoms with Crippen LogP contribution in [-0.2, 0) is 19.6 Å². The quantitative estimate of drug-likeness (QED) is 0.697. The van der Waals surface area contributed by atoms with Gasteiger partial charge in [0.25, 0.3) is 0 Å².